The molecule has 2 rings (SSSR count). The van der Waals surface area contributed by atoms with Crippen molar-refractivity contribution in [3.05, 3.63) is 30.1 Å². The van der Waals surface area contributed by atoms with Gasteiger partial charge < -0.3 is 5.11 Å². The second-order valence-electron chi connectivity index (χ2n) is 5.47. The third kappa shape index (κ3) is 3.52. The van der Waals surface area contributed by atoms with Gasteiger partial charge in [-0.05, 0) is 25.0 Å². The monoisotopic (exact) mass is 329 g/mol. The zero-order chi connectivity index (χ0) is 17.1. The van der Waals surface area contributed by atoms with Crippen LogP contribution in [0.1, 0.15) is 49.4 Å². The van der Waals surface area contributed by atoms with Crippen molar-refractivity contribution in [1.82, 2.24) is 9.99 Å². The van der Waals surface area contributed by atoms with Gasteiger partial charge in [0, 0.05) is 30.1 Å². The number of nitrogens with zero attached hydrogens (tertiary/aromatic N) is 3. The van der Waals surface area contributed by atoms with Crippen LogP contribution in [-0.4, -0.2) is 38.6 Å². The molecule has 1 aliphatic heterocycles. The Morgan fingerprint density at radius 3 is 2.57 bits per heavy atom. The molecule has 0 spiro atoms. The predicted octanol–water partition coefficient (Wildman–Crippen LogP) is 3.11. The Bertz CT molecular complexity index is 589. The van der Waals surface area contributed by atoms with Crippen LogP contribution in [0.15, 0.2) is 29.6 Å². The fourth-order valence-corrected chi connectivity index (χ4v) is 2.39. The highest BCUT2D eigenvalue weighted by Crippen LogP contribution is 2.41. The van der Waals surface area contributed by atoms with Crippen LogP contribution in [0.4, 0.5) is 13.2 Å². The van der Waals surface area contributed by atoms with Crippen molar-refractivity contribution in [3.63, 3.8) is 0 Å². The molecule has 2 heterocycles. The van der Waals surface area contributed by atoms with Crippen LogP contribution in [-0.2, 0) is 0 Å². The van der Waals surface area contributed by atoms with Crippen molar-refractivity contribution in [2.24, 2.45) is 5.10 Å². The minimum absolute atomic E-state index is 0.0127. The Hall–Kier alpha value is -1.96. The minimum Gasteiger partial charge on any atom is -0.362 e. The summed E-state index contributed by atoms with van der Waals surface area (Å²) in [7, 11) is 0. The summed E-state index contributed by atoms with van der Waals surface area (Å²) in [6.07, 6.45) is -0.364. The maximum atomic E-state index is 13.3. The van der Waals surface area contributed by atoms with Crippen LogP contribution < -0.4 is 0 Å². The Kier molecular flexibility index (Phi) is 5.03. The largest absolute Gasteiger partial charge is 0.438 e. The molecule has 8 heteroatoms. The minimum atomic E-state index is -4.99. The maximum Gasteiger partial charge on any atom is 0.438 e. The van der Waals surface area contributed by atoms with E-state index < -0.39 is 24.2 Å². The molecule has 5 nitrogen and oxygen atoms in total. The van der Waals surface area contributed by atoms with Gasteiger partial charge in [-0.25, -0.2) is 0 Å². The number of aromatic nitrogens is 1. The van der Waals surface area contributed by atoms with Crippen LogP contribution in [0.3, 0.4) is 0 Å². The van der Waals surface area contributed by atoms with Gasteiger partial charge >= 0.3 is 6.18 Å². The average Bonchev–Trinajstić information content (AvgIpc) is 2.86. The van der Waals surface area contributed by atoms with E-state index in [2.05, 4.69) is 10.1 Å². The van der Waals surface area contributed by atoms with E-state index in [0.717, 1.165) is 12.8 Å². The van der Waals surface area contributed by atoms with Crippen molar-refractivity contribution in [2.45, 2.75) is 50.9 Å². The van der Waals surface area contributed by atoms with E-state index in [4.69, 9.17) is 0 Å². The number of alkyl halides is 3. The quantitative estimate of drug-likeness (QED) is 0.844. The Balaban J connectivity index is 2.28. The zero-order valence-corrected chi connectivity index (χ0v) is 12.7. The Morgan fingerprint density at radius 1 is 1.35 bits per heavy atom. The maximum absolute atomic E-state index is 13.3. The van der Waals surface area contributed by atoms with Gasteiger partial charge in [0.15, 0.2) is 0 Å². The van der Waals surface area contributed by atoms with E-state index in [1.165, 1.54) is 24.5 Å². The standard InChI is InChI=1S/C15H18F3N3O2/c1-2-3-4-5-12-10-14(23,15(16,17)18)21(20-12)13(22)11-6-8-19-9-7-11/h6-9,23H,2-5,10H2,1H3. The molecule has 23 heavy (non-hydrogen) atoms. The number of amides is 1. The van der Waals surface area contributed by atoms with Crippen molar-refractivity contribution >= 4 is 11.6 Å². The summed E-state index contributed by atoms with van der Waals surface area (Å²) in [6, 6.07) is 2.56. The molecule has 1 aromatic heterocycles. The van der Waals surface area contributed by atoms with E-state index in [0.29, 0.717) is 12.8 Å². The highest BCUT2D eigenvalue weighted by molar-refractivity contribution is 5.98. The molecular formula is C15H18F3N3O2. The zero-order valence-electron chi connectivity index (χ0n) is 12.7. The summed E-state index contributed by atoms with van der Waals surface area (Å²) in [5.74, 6) is -1.00. The Labute approximate surface area is 131 Å². The van der Waals surface area contributed by atoms with Gasteiger partial charge in [-0.3, -0.25) is 9.78 Å². The SMILES string of the molecule is CCCCCC1=NN(C(=O)c2ccncc2)C(O)(C(F)(F)F)C1. The number of halogens is 3. The van der Waals surface area contributed by atoms with Crippen molar-refractivity contribution in [3.8, 4) is 0 Å². The first-order chi connectivity index (χ1) is 10.8. The van der Waals surface area contributed by atoms with Crippen molar-refractivity contribution in [2.75, 3.05) is 0 Å². The highest BCUT2D eigenvalue weighted by atomic mass is 19.4. The van der Waals surface area contributed by atoms with E-state index in [-0.39, 0.29) is 16.3 Å². The molecule has 0 saturated carbocycles. The van der Waals surface area contributed by atoms with Gasteiger partial charge in [-0.1, -0.05) is 19.8 Å². The lowest BCUT2D eigenvalue weighted by atomic mass is 10.0. The molecule has 0 bridgehead atoms. The van der Waals surface area contributed by atoms with E-state index >= 15 is 0 Å². The second kappa shape index (κ2) is 6.66. The number of hydrogen-bond donors (Lipinski definition) is 1. The van der Waals surface area contributed by atoms with Crippen LogP contribution in [0, 0.1) is 0 Å². The van der Waals surface area contributed by atoms with Gasteiger partial charge in [-0.2, -0.15) is 23.3 Å². The van der Waals surface area contributed by atoms with E-state index in [1.807, 2.05) is 6.92 Å². The molecule has 0 aliphatic carbocycles. The molecule has 0 aromatic carbocycles. The molecular weight excluding hydrogens is 311 g/mol. The molecule has 1 aliphatic rings. The first kappa shape index (κ1) is 17.4. The number of hydrazone groups is 1. The number of aliphatic hydroxyl groups is 1. The van der Waals surface area contributed by atoms with Crippen LogP contribution >= 0.6 is 0 Å². The normalized spacial score (nSPS) is 21.4. The molecule has 0 fully saturated rings. The van der Waals surface area contributed by atoms with Gasteiger partial charge in [0.05, 0.1) is 0 Å². The number of carbonyl (C=O) groups excluding carboxylic acids is 1. The van der Waals surface area contributed by atoms with Crippen LogP contribution in [0.5, 0.6) is 0 Å². The molecule has 1 unspecified atom stereocenters. The van der Waals surface area contributed by atoms with Crippen molar-refractivity contribution < 1.29 is 23.1 Å². The molecule has 1 aromatic rings. The summed E-state index contributed by atoms with van der Waals surface area (Å²) in [6.45, 7) is 1.97. The molecule has 0 saturated heterocycles. The molecule has 126 valence electrons. The first-order valence-electron chi connectivity index (χ1n) is 7.39. The lowest BCUT2D eigenvalue weighted by molar-refractivity contribution is -0.297. The van der Waals surface area contributed by atoms with Gasteiger partial charge in [0.1, 0.15) is 0 Å². The lowest BCUT2D eigenvalue weighted by Gasteiger charge is -2.32. The summed E-state index contributed by atoms with van der Waals surface area (Å²) >= 11 is 0. The lowest BCUT2D eigenvalue weighted by Crippen LogP contribution is -2.56. The number of hydrogen-bond acceptors (Lipinski definition) is 4. The predicted molar refractivity (Wildman–Crippen MR) is 77.6 cm³/mol. The topological polar surface area (TPSA) is 65.8 Å². The molecule has 1 N–H and O–H groups in total. The third-order valence-electron chi connectivity index (χ3n) is 3.68. The third-order valence-corrected chi connectivity index (χ3v) is 3.68. The number of carbonyl (C=O) groups is 1. The highest BCUT2D eigenvalue weighted by Gasteiger charge is 2.63. The van der Waals surface area contributed by atoms with Crippen LogP contribution in [0.25, 0.3) is 0 Å². The fraction of sp³-hybridized carbons (Fsp3) is 0.533. The number of rotatable bonds is 5. The van der Waals surface area contributed by atoms with Crippen molar-refractivity contribution in [1.29, 1.82) is 0 Å². The number of unbranched alkanes of at least 4 members (excludes halogenated alkanes) is 2. The smallest absolute Gasteiger partial charge is 0.362 e. The van der Waals surface area contributed by atoms with E-state index in [1.54, 1.807) is 0 Å². The summed E-state index contributed by atoms with van der Waals surface area (Å²) < 4.78 is 39.9. The van der Waals surface area contributed by atoms with E-state index in [9.17, 15) is 23.1 Å². The summed E-state index contributed by atoms with van der Waals surface area (Å²) in [5.41, 5.74) is -3.13. The first-order valence-corrected chi connectivity index (χ1v) is 7.39. The van der Waals surface area contributed by atoms with Gasteiger partial charge in [0.25, 0.3) is 11.6 Å². The van der Waals surface area contributed by atoms with Gasteiger partial charge in [-0.15, -0.1) is 0 Å². The average molecular weight is 329 g/mol. The Morgan fingerprint density at radius 2 is 2.00 bits per heavy atom. The molecule has 1 amide bonds. The molecule has 1 atom stereocenters. The summed E-state index contributed by atoms with van der Waals surface area (Å²) in [4.78, 5) is 16.0. The van der Waals surface area contributed by atoms with Crippen LogP contribution in [0.2, 0.25) is 0 Å². The molecule has 0 radical (unpaired) electrons. The fourth-order valence-electron chi connectivity index (χ4n) is 2.39. The summed E-state index contributed by atoms with van der Waals surface area (Å²) in [5, 5.41) is 14.0. The number of pyridine rings is 1. The van der Waals surface area contributed by atoms with Gasteiger partial charge in [0.2, 0.25) is 0 Å². The second-order valence-corrected chi connectivity index (χ2v) is 5.47.